The van der Waals surface area contributed by atoms with Crippen LogP contribution >= 0.6 is 0 Å². The van der Waals surface area contributed by atoms with Gasteiger partial charge >= 0.3 is 5.97 Å². The summed E-state index contributed by atoms with van der Waals surface area (Å²) in [5.41, 5.74) is 0.927. The number of carbonyl (C=O) groups is 6. The summed E-state index contributed by atoms with van der Waals surface area (Å²) in [6.45, 7) is 2.89. The molecule has 0 fully saturated rings. The van der Waals surface area contributed by atoms with Crippen LogP contribution in [0.25, 0.3) is 10.8 Å². The van der Waals surface area contributed by atoms with Crippen LogP contribution in [0.3, 0.4) is 0 Å². The van der Waals surface area contributed by atoms with Crippen LogP contribution in [0.15, 0.2) is 48.5 Å². The number of aliphatic hydroxyl groups is 1. The van der Waals surface area contributed by atoms with Gasteiger partial charge in [0.2, 0.25) is 0 Å². The Labute approximate surface area is 228 Å². The molecule has 1 atom stereocenters. The zero-order chi connectivity index (χ0) is 28.9. The van der Waals surface area contributed by atoms with Crippen LogP contribution in [0.1, 0.15) is 72.1 Å². The second-order valence-electron chi connectivity index (χ2n) is 10.1. The molecule has 5 rings (SSSR count). The first-order chi connectivity index (χ1) is 19.0. The summed E-state index contributed by atoms with van der Waals surface area (Å²) >= 11 is 0. The Kier molecular flexibility index (Phi) is 6.68. The fraction of sp³-hybridized carbons (Fsp3) is 0.241. The lowest BCUT2D eigenvalue weighted by molar-refractivity contribution is -0.135. The van der Waals surface area contributed by atoms with Gasteiger partial charge in [0.15, 0.2) is 0 Å². The molecular formula is C29H25N3O8. The highest BCUT2D eigenvalue weighted by Crippen LogP contribution is 2.39. The number of imide groups is 2. The van der Waals surface area contributed by atoms with E-state index >= 15 is 0 Å². The van der Waals surface area contributed by atoms with Gasteiger partial charge in [0.25, 0.3) is 29.5 Å². The highest BCUT2D eigenvalue weighted by Gasteiger charge is 2.42. The van der Waals surface area contributed by atoms with Crippen molar-refractivity contribution in [2.75, 3.05) is 18.1 Å². The van der Waals surface area contributed by atoms with Gasteiger partial charge in [-0.25, -0.2) is 4.90 Å². The molecule has 5 amide bonds. The summed E-state index contributed by atoms with van der Waals surface area (Å²) in [5, 5.41) is 21.4. The first-order valence-corrected chi connectivity index (χ1v) is 12.6. The average molecular weight is 544 g/mol. The summed E-state index contributed by atoms with van der Waals surface area (Å²) < 4.78 is 0. The van der Waals surface area contributed by atoms with Crippen molar-refractivity contribution in [1.82, 2.24) is 10.2 Å². The van der Waals surface area contributed by atoms with E-state index < -0.39 is 54.7 Å². The monoisotopic (exact) mass is 543 g/mol. The third-order valence-corrected chi connectivity index (χ3v) is 7.03. The molecule has 3 aromatic rings. The van der Waals surface area contributed by atoms with E-state index in [4.69, 9.17) is 5.11 Å². The zero-order valence-electron chi connectivity index (χ0n) is 21.6. The number of aliphatic carboxylic acids is 1. The largest absolute Gasteiger partial charge is 0.480 e. The molecule has 3 aromatic carbocycles. The standard InChI is InChI=1S/C29H25N3O8/c1-14(2)11-17(13-33)32-28(39)20-9-7-18-23-19(8-10-21(24(20)23)29(32)40)27(38)31(26(18)37)16-5-3-15(4-6-16)25(36)30-12-22(34)35/h3-10,14,17,33H,11-13H2,1-2H3,(H,30,36)(H,34,35). The number of amides is 5. The van der Waals surface area contributed by atoms with Crippen molar-refractivity contribution in [3.63, 3.8) is 0 Å². The predicted molar refractivity (Wildman–Crippen MR) is 142 cm³/mol. The van der Waals surface area contributed by atoms with Crippen LogP contribution in [-0.4, -0.2) is 69.8 Å². The molecule has 2 aliphatic heterocycles. The van der Waals surface area contributed by atoms with Crippen molar-refractivity contribution < 1.29 is 39.0 Å². The molecular weight excluding hydrogens is 518 g/mol. The number of benzene rings is 3. The first-order valence-electron chi connectivity index (χ1n) is 12.6. The highest BCUT2D eigenvalue weighted by atomic mass is 16.4. The van der Waals surface area contributed by atoms with Gasteiger partial charge in [-0.2, -0.15) is 0 Å². The second kappa shape index (κ2) is 10.0. The normalized spacial score (nSPS) is 15.2. The quantitative estimate of drug-likeness (QED) is 0.365. The molecule has 2 aliphatic rings. The number of nitrogens with zero attached hydrogens (tertiary/aromatic N) is 2. The van der Waals surface area contributed by atoms with Crippen LogP contribution in [0.2, 0.25) is 0 Å². The third kappa shape index (κ3) is 4.20. The molecule has 0 saturated heterocycles. The molecule has 0 bridgehead atoms. The maximum Gasteiger partial charge on any atom is 0.322 e. The van der Waals surface area contributed by atoms with Crippen LogP contribution in [0, 0.1) is 5.92 Å². The van der Waals surface area contributed by atoms with Crippen molar-refractivity contribution in [2.45, 2.75) is 26.3 Å². The minimum absolute atomic E-state index is 0.115. The van der Waals surface area contributed by atoms with E-state index in [0.717, 1.165) is 9.80 Å². The minimum Gasteiger partial charge on any atom is -0.480 e. The maximum absolute atomic E-state index is 13.6. The van der Waals surface area contributed by atoms with Gasteiger partial charge in [-0.15, -0.1) is 0 Å². The van der Waals surface area contributed by atoms with Gasteiger partial charge in [0.05, 0.1) is 18.3 Å². The number of hydrogen-bond donors (Lipinski definition) is 3. The molecule has 3 N–H and O–H groups in total. The Morgan fingerprint density at radius 1 is 0.775 bits per heavy atom. The fourth-order valence-corrected chi connectivity index (χ4v) is 5.29. The van der Waals surface area contributed by atoms with Gasteiger partial charge in [0.1, 0.15) is 6.54 Å². The van der Waals surface area contributed by atoms with E-state index in [1.54, 1.807) is 0 Å². The van der Waals surface area contributed by atoms with E-state index in [2.05, 4.69) is 5.32 Å². The molecule has 0 spiro atoms. The Morgan fingerprint density at radius 3 is 1.68 bits per heavy atom. The lowest BCUT2D eigenvalue weighted by Gasteiger charge is -2.35. The predicted octanol–water partition coefficient (Wildman–Crippen LogP) is 2.46. The fourth-order valence-electron chi connectivity index (χ4n) is 5.29. The van der Waals surface area contributed by atoms with Crippen molar-refractivity contribution in [3.8, 4) is 0 Å². The van der Waals surface area contributed by atoms with Gasteiger partial charge in [-0.3, -0.25) is 33.7 Å². The third-order valence-electron chi connectivity index (χ3n) is 7.03. The number of aliphatic hydroxyl groups excluding tert-OH is 1. The van der Waals surface area contributed by atoms with Crippen LogP contribution in [0.4, 0.5) is 5.69 Å². The molecule has 204 valence electrons. The number of anilines is 1. The molecule has 0 aromatic heterocycles. The van der Waals surface area contributed by atoms with E-state index in [0.29, 0.717) is 6.42 Å². The lowest BCUT2D eigenvalue weighted by atomic mass is 9.85. The average Bonchev–Trinajstić information content (AvgIpc) is 2.93. The van der Waals surface area contributed by atoms with Gasteiger partial charge in [0, 0.05) is 38.6 Å². The number of carboxylic acid groups (broad SMARTS) is 1. The number of nitrogens with one attached hydrogen (secondary N) is 1. The van der Waals surface area contributed by atoms with Gasteiger partial charge < -0.3 is 15.5 Å². The van der Waals surface area contributed by atoms with Gasteiger partial charge in [-0.1, -0.05) is 13.8 Å². The van der Waals surface area contributed by atoms with Crippen molar-refractivity contribution >= 4 is 52.0 Å². The molecule has 40 heavy (non-hydrogen) atoms. The lowest BCUT2D eigenvalue weighted by Crippen LogP contribution is -2.49. The Balaban J connectivity index is 1.54. The van der Waals surface area contributed by atoms with Gasteiger partial charge in [-0.05, 0) is 60.9 Å². The molecule has 11 heteroatoms. The van der Waals surface area contributed by atoms with E-state index in [1.807, 2.05) is 13.8 Å². The Bertz CT molecular complexity index is 1560. The summed E-state index contributed by atoms with van der Waals surface area (Å²) in [5.74, 6) is -4.24. The second-order valence-corrected chi connectivity index (χ2v) is 10.1. The molecule has 0 radical (unpaired) electrons. The highest BCUT2D eigenvalue weighted by molar-refractivity contribution is 6.39. The SMILES string of the molecule is CC(C)CC(CO)N1C(=O)c2ccc3c4c(ccc(c24)C1=O)C(=O)N(c1ccc(C(=O)NCC(=O)O)cc1)C3=O. The first kappa shape index (κ1) is 26.7. The summed E-state index contributed by atoms with van der Waals surface area (Å²) in [4.78, 5) is 79.0. The van der Waals surface area contributed by atoms with Crippen LogP contribution < -0.4 is 10.2 Å². The Morgan fingerprint density at radius 2 is 1.25 bits per heavy atom. The number of rotatable bonds is 8. The molecule has 0 saturated carbocycles. The maximum atomic E-state index is 13.6. The molecule has 11 nitrogen and oxygen atoms in total. The van der Waals surface area contributed by atoms with Crippen molar-refractivity contribution in [3.05, 3.63) is 76.3 Å². The van der Waals surface area contributed by atoms with Crippen molar-refractivity contribution in [1.29, 1.82) is 0 Å². The minimum atomic E-state index is -1.20. The zero-order valence-corrected chi connectivity index (χ0v) is 21.6. The van der Waals surface area contributed by atoms with E-state index in [1.165, 1.54) is 48.5 Å². The molecule has 0 aliphatic carbocycles. The molecule has 2 heterocycles. The Hall–Kier alpha value is -4.90. The summed E-state index contributed by atoms with van der Waals surface area (Å²) in [6, 6.07) is 10.6. The van der Waals surface area contributed by atoms with E-state index in [9.17, 15) is 33.9 Å². The summed E-state index contributed by atoms with van der Waals surface area (Å²) in [6.07, 6.45) is 0.411. The number of carboxylic acids is 1. The van der Waals surface area contributed by atoms with Crippen LogP contribution in [-0.2, 0) is 4.79 Å². The number of carbonyl (C=O) groups excluding carboxylic acids is 5. The van der Waals surface area contributed by atoms with E-state index in [-0.39, 0.29) is 50.2 Å². The van der Waals surface area contributed by atoms with Crippen molar-refractivity contribution in [2.24, 2.45) is 5.92 Å². The number of hydrogen-bond acceptors (Lipinski definition) is 7. The molecule has 1 unspecified atom stereocenters. The smallest absolute Gasteiger partial charge is 0.322 e. The van der Waals surface area contributed by atoms with Crippen LogP contribution in [0.5, 0.6) is 0 Å². The summed E-state index contributed by atoms with van der Waals surface area (Å²) in [7, 11) is 0. The topological polar surface area (TPSA) is 161 Å².